The summed E-state index contributed by atoms with van der Waals surface area (Å²) >= 11 is 1.68. The molecule has 4 rings (SSSR count). The van der Waals surface area contributed by atoms with E-state index in [2.05, 4.69) is 51.7 Å². The largest absolute Gasteiger partial charge is 0.357 e. The lowest BCUT2D eigenvalue weighted by molar-refractivity contribution is 1.14. The molecule has 2 heterocycles. The van der Waals surface area contributed by atoms with Gasteiger partial charge in [-0.15, -0.1) is 0 Å². The van der Waals surface area contributed by atoms with Gasteiger partial charge in [0.2, 0.25) is 0 Å². The number of nitrogens with one attached hydrogen (secondary N) is 1. The van der Waals surface area contributed by atoms with Crippen molar-refractivity contribution in [2.45, 2.75) is 6.54 Å². The fourth-order valence-electron chi connectivity index (χ4n) is 2.52. The zero-order valence-electron chi connectivity index (χ0n) is 12.4. The van der Waals surface area contributed by atoms with E-state index in [-0.39, 0.29) is 0 Å². The summed E-state index contributed by atoms with van der Waals surface area (Å²) in [6, 6.07) is 20.7. The molecule has 0 fully saturated rings. The Labute approximate surface area is 138 Å². The standard InChI is InChI=1S/C19H15N3S/c1-2-9-18-17(8-1)22-19(23-18)21-12-14-5-3-6-15(11-14)16-7-4-10-20-13-16/h1-11,13H,12H2,(H,21,22). The highest BCUT2D eigenvalue weighted by Gasteiger charge is 2.03. The van der Waals surface area contributed by atoms with Crippen molar-refractivity contribution in [2.75, 3.05) is 5.32 Å². The quantitative estimate of drug-likeness (QED) is 0.577. The summed E-state index contributed by atoms with van der Waals surface area (Å²) < 4.78 is 1.21. The van der Waals surface area contributed by atoms with Crippen LogP contribution in [0.5, 0.6) is 0 Å². The maximum atomic E-state index is 4.61. The number of fused-ring (bicyclic) bond motifs is 1. The number of hydrogen-bond donors (Lipinski definition) is 1. The molecule has 0 amide bonds. The third kappa shape index (κ3) is 3.07. The summed E-state index contributed by atoms with van der Waals surface area (Å²) in [6.07, 6.45) is 3.68. The zero-order valence-corrected chi connectivity index (χ0v) is 13.3. The molecule has 23 heavy (non-hydrogen) atoms. The molecular formula is C19H15N3S. The molecule has 0 aliphatic carbocycles. The monoisotopic (exact) mass is 317 g/mol. The number of benzene rings is 2. The fourth-order valence-corrected chi connectivity index (χ4v) is 3.38. The van der Waals surface area contributed by atoms with Gasteiger partial charge in [0.15, 0.2) is 5.13 Å². The van der Waals surface area contributed by atoms with Gasteiger partial charge in [-0.25, -0.2) is 4.98 Å². The molecule has 2 aromatic carbocycles. The summed E-state index contributed by atoms with van der Waals surface area (Å²) in [5.74, 6) is 0. The number of hydrogen-bond acceptors (Lipinski definition) is 4. The van der Waals surface area contributed by atoms with Crippen LogP contribution in [0.25, 0.3) is 21.3 Å². The average Bonchev–Trinajstić information content (AvgIpc) is 3.04. The Morgan fingerprint density at radius 3 is 2.70 bits per heavy atom. The smallest absolute Gasteiger partial charge is 0.184 e. The van der Waals surface area contributed by atoms with Crippen LogP contribution in [0.15, 0.2) is 73.1 Å². The van der Waals surface area contributed by atoms with Crippen molar-refractivity contribution in [1.29, 1.82) is 0 Å². The van der Waals surface area contributed by atoms with E-state index in [1.165, 1.54) is 15.8 Å². The van der Waals surface area contributed by atoms with E-state index in [1.807, 2.05) is 30.5 Å². The van der Waals surface area contributed by atoms with Crippen LogP contribution in [0.2, 0.25) is 0 Å². The molecule has 0 atom stereocenters. The van der Waals surface area contributed by atoms with Crippen molar-refractivity contribution in [2.24, 2.45) is 0 Å². The van der Waals surface area contributed by atoms with E-state index in [4.69, 9.17) is 0 Å². The molecule has 0 saturated heterocycles. The lowest BCUT2D eigenvalue weighted by Crippen LogP contribution is -1.98. The molecular weight excluding hydrogens is 302 g/mol. The lowest BCUT2D eigenvalue weighted by Gasteiger charge is -2.06. The summed E-state index contributed by atoms with van der Waals surface area (Å²) in [6.45, 7) is 0.758. The first-order valence-corrected chi connectivity index (χ1v) is 8.29. The van der Waals surface area contributed by atoms with E-state index in [0.29, 0.717) is 0 Å². The molecule has 4 heteroatoms. The van der Waals surface area contributed by atoms with Gasteiger partial charge in [-0.3, -0.25) is 4.98 Å². The van der Waals surface area contributed by atoms with E-state index < -0.39 is 0 Å². The lowest BCUT2D eigenvalue weighted by atomic mass is 10.1. The maximum Gasteiger partial charge on any atom is 0.184 e. The molecule has 0 unspecified atom stereocenters. The molecule has 112 valence electrons. The number of nitrogens with zero attached hydrogens (tertiary/aromatic N) is 2. The summed E-state index contributed by atoms with van der Waals surface area (Å²) in [5, 5.41) is 4.38. The van der Waals surface area contributed by atoms with E-state index in [1.54, 1.807) is 17.5 Å². The predicted molar refractivity (Wildman–Crippen MR) is 96.6 cm³/mol. The van der Waals surface area contributed by atoms with Gasteiger partial charge in [-0.2, -0.15) is 0 Å². The van der Waals surface area contributed by atoms with Crippen molar-refractivity contribution in [3.8, 4) is 11.1 Å². The number of aromatic nitrogens is 2. The molecule has 1 N–H and O–H groups in total. The first kappa shape index (κ1) is 13.9. The van der Waals surface area contributed by atoms with Gasteiger partial charge in [-0.05, 0) is 41.0 Å². The Morgan fingerprint density at radius 2 is 1.83 bits per heavy atom. The topological polar surface area (TPSA) is 37.8 Å². The average molecular weight is 317 g/mol. The van der Waals surface area contributed by atoms with Crippen LogP contribution >= 0.6 is 11.3 Å². The van der Waals surface area contributed by atoms with Gasteiger partial charge in [0.05, 0.1) is 10.2 Å². The van der Waals surface area contributed by atoms with E-state index >= 15 is 0 Å². The van der Waals surface area contributed by atoms with Gasteiger partial charge in [0, 0.05) is 18.9 Å². The van der Waals surface area contributed by atoms with Crippen molar-refractivity contribution in [3.63, 3.8) is 0 Å². The predicted octanol–water partition coefficient (Wildman–Crippen LogP) is 4.97. The highest BCUT2D eigenvalue weighted by atomic mass is 32.1. The summed E-state index contributed by atoms with van der Waals surface area (Å²) in [4.78, 5) is 8.79. The normalized spacial score (nSPS) is 10.8. The minimum atomic E-state index is 0.758. The Hall–Kier alpha value is -2.72. The fraction of sp³-hybridized carbons (Fsp3) is 0.0526. The van der Waals surface area contributed by atoms with Gasteiger partial charge >= 0.3 is 0 Å². The number of pyridine rings is 1. The van der Waals surface area contributed by atoms with Crippen LogP contribution in [0.4, 0.5) is 5.13 Å². The Bertz CT molecular complexity index is 898. The highest BCUT2D eigenvalue weighted by molar-refractivity contribution is 7.22. The summed E-state index contributed by atoms with van der Waals surface area (Å²) in [5.41, 5.74) is 4.59. The minimum absolute atomic E-state index is 0.758. The third-order valence-corrected chi connectivity index (χ3v) is 4.65. The Morgan fingerprint density at radius 1 is 0.913 bits per heavy atom. The molecule has 0 radical (unpaired) electrons. The Kier molecular flexibility index (Phi) is 3.74. The number of anilines is 1. The van der Waals surface area contributed by atoms with E-state index in [9.17, 15) is 0 Å². The molecule has 2 aromatic heterocycles. The van der Waals surface area contributed by atoms with Crippen molar-refractivity contribution in [3.05, 3.63) is 78.6 Å². The zero-order chi connectivity index (χ0) is 15.5. The molecule has 0 bridgehead atoms. The Balaban J connectivity index is 1.53. The van der Waals surface area contributed by atoms with Gasteiger partial charge in [0.1, 0.15) is 0 Å². The van der Waals surface area contributed by atoms with Crippen LogP contribution in [0.3, 0.4) is 0 Å². The van der Waals surface area contributed by atoms with E-state index in [0.717, 1.165) is 22.8 Å². The van der Waals surface area contributed by atoms with Gasteiger partial charge < -0.3 is 5.32 Å². The van der Waals surface area contributed by atoms with Crippen LogP contribution in [-0.2, 0) is 6.54 Å². The molecule has 0 saturated carbocycles. The van der Waals surface area contributed by atoms with Crippen LogP contribution in [0.1, 0.15) is 5.56 Å². The highest BCUT2D eigenvalue weighted by Crippen LogP contribution is 2.26. The second-order valence-electron chi connectivity index (χ2n) is 5.28. The summed E-state index contributed by atoms with van der Waals surface area (Å²) in [7, 11) is 0. The maximum absolute atomic E-state index is 4.61. The molecule has 0 aliphatic heterocycles. The molecule has 4 aromatic rings. The first-order chi connectivity index (χ1) is 11.4. The SMILES string of the molecule is c1cncc(-c2cccc(CNc3nc4ccccc4s3)c2)c1. The van der Waals surface area contributed by atoms with Gasteiger partial charge in [-0.1, -0.05) is 47.7 Å². The van der Waals surface area contributed by atoms with Crippen molar-refractivity contribution >= 4 is 26.7 Å². The minimum Gasteiger partial charge on any atom is -0.357 e. The van der Waals surface area contributed by atoms with Crippen molar-refractivity contribution < 1.29 is 0 Å². The van der Waals surface area contributed by atoms with Crippen LogP contribution in [0, 0.1) is 0 Å². The molecule has 0 aliphatic rings. The van der Waals surface area contributed by atoms with Gasteiger partial charge in [0.25, 0.3) is 0 Å². The first-order valence-electron chi connectivity index (χ1n) is 7.47. The number of thiazole rings is 1. The molecule has 0 spiro atoms. The second-order valence-corrected chi connectivity index (χ2v) is 6.31. The molecule has 3 nitrogen and oxygen atoms in total. The third-order valence-electron chi connectivity index (χ3n) is 3.66. The van der Waals surface area contributed by atoms with Crippen LogP contribution < -0.4 is 5.32 Å². The van der Waals surface area contributed by atoms with Crippen molar-refractivity contribution in [1.82, 2.24) is 9.97 Å². The number of rotatable bonds is 4. The number of para-hydroxylation sites is 1. The second kappa shape index (κ2) is 6.18. The van der Waals surface area contributed by atoms with Crippen LogP contribution in [-0.4, -0.2) is 9.97 Å².